The van der Waals surface area contributed by atoms with E-state index in [1.807, 2.05) is 20.0 Å². The summed E-state index contributed by atoms with van der Waals surface area (Å²) in [5.74, 6) is 0. The summed E-state index contributed by atoms with van der Waals surface area (Å²) in [6.07, 6.45) is 3.46. The number of hydrogen-bond acceptors (Lipinski definition) is 5. The largest absolute Gasteiger partial charge is 0.353 e. The second-order valence-electron chi connectivity index (χ2n) is 4.53. The second kappa shape index (κ2) is 5.40. The molecule has 7 heteroatoms. The monoisotopic (exact) mass is 271 g/mol. The molecule has 0 amide bonds. The molecule has 2 aromatic rings. The van der Waals surface area contributed by atoms with Crippen molar-refractivity contribution in [1.29, 1.82) is 5.26 Å². The molecule has 1 heterocycles. The summed E-state index contributed by atoms with van der Waals surface area (Å²) in [5, 5.41) is 26.9. The molecule has 7 nitrogen and oxygen atoms in total. The van der Waals surface area contributed by atoms with E-state index in [2.05, 4.69) is 10.4 Å². The van der Waals surface area contributed by atoms with E-state index in [1.54, 1.807) is 23.0 Å². The van der Waals surface area contributed by atoms with E-state index < -0.39 is 4.92 Å². The summed E-state index contributed by atoms with van der Waals surface area (Å²) in [6, 6.07) is 6.42. The van der Waals surface area contributed by atoms with Gasteiger partial charge >= 0.3 is 0 Å². The molecule has 0 saturated carbocycles. The first-order valence-corrected chi connectivity index (χ1v) is 6.01. The Morgan fingerprint density at radius 2 is 2.20 bits per heavy atom. The fourth-order valence-electron chi connectivity index (χ4n) is 1.71. The fourth-order valence-corrected chi connectivity index (χ4v) is 1.71. The van der Waals surface area contributed by atoms with Crippen LogP contribution in [0.1, 0.15) is 25.5 Å². The number of nitrogens with zero attached hydrogens (tertiary/aromatic N) is 4. The van der Waals surface area contributed by atoms with Crippen LogP contribution in [0.3, 0.4) is 0 Å². The van der Waals surface area contributed by atoms with Gasteiger partial charge in [0.2, 0.25) is 0 Å². The minimum atomic E-state index is -0.568. The summed E-state index contributed by atoms with van der Waals surface area (Å²) in [5.41, 5.74) is 1.10. The molecular weight excluding hydrogens is 258 g/mol. The van der Waals surface area contributed by atoms with Crippen LogP contribution in [0.15, 0.2) is 30.6 Å². The highest BCUT2D eigenvalue weighted by atomic mass is 16.6. The maximum atomic E-state index is 10.9. The molecule has 1 N–H and O–H groups in total. The Bertz CT molecular complexity index is 684. The summed E-state index contributed by atoms with van der Waals surface area (Å²) >= 11 is 0. The Labute approximate surface area is 115 Å². The first-order chi connectivity index (χ1) is 9.51. The second-order valence-corrected chi connectivity index (χ2v) is 4.53. The quantitative estimate of drug-likeness (QED) is 0.681. The van der Waals surface area contributed by atoms with Crippen LogP contribution in [0, 0.1) is 21.4 Å². The van der Waals surface area contributed by atoms with Gasteiger partial charge < -0.3 is 5.32 Å². The van der Waals surface area contributed by atoms with E-state index in [-0.39, 0.29) is 17.3 Å². The average molecular weight is 271 g/mol. The molecule has 0 unspecified atom stereocenters. The van der Waals surface area contributed by atoms with Crippen LogP contribution in [0.5, 0.6) is 0 Å². The summed E-state index contributed by atoms with van der Waals surface area (Å²) in [4.78, 5) is 10.3. The fraction of sp³-hybridized carbons (Fsp3) is 0.231. The van der Waals surface area contributed by atoms with Gasteiger partial charge in [0.15, 0.2) is 0 Å². The molecule has 0 fully saturated rings. The number of hydrogen-bond donors (Lipinski definition) is 1. The Kier molecular flexibility index (Phi) is 3.66. The maximum absolute atomic E-state index is 10.9. The van der Waals surface area contributed by atoms with Crippen molar-refractivity contribution in [3.63, 3.8) is 0 Å². The van der Waals surface area contributed by atoms with Crippen molar-refractivity contribution in [2.45, 2.75) is 19.9 Å². The predicted octanol–water partition coefficient (Wildman–Crippen LogP) is 2.99. The molecule has 2 rings (SSSR count). The van der Waals surface area contributed by atoms with Gasteiger partial charge in [-0.2, -0.15) is 10.4 Å². The van der Waals surface area contributed by atoms with Gasteiger partial charge in [-0.3, -0.25) is 14.8 Å². The molecular formula is C13H13N5O2. The third-order valence-electron chi connectivity index (χ3n) is 2.73. The van der Waals surface area contributed by atoms with E-state index in [1.165, 1.54) is 12.1 Å². The van der Waals surface area contributed by atoms with Crippen molar-refractivity contribution in [2.75, 3.05) is 5.32 Å². The molecule has 1 aromatic carbocycles. The van der Waals surface area contributed by atoms with Crippen LogP contribution in [-0.4, -0.2) is 14.7 Å². The van der Waals surface area contributed by atoms with Crippen molar-refractivity contribution < 1.29 is 4.92 Å². The van der Waals surface area contributed by atoms with Gasteiger partial charge in [0, 0.05) is 24.0 Å². The van der Waals surface area contributed by atoms with Crippen molar-refractivity contribution in [3.8, 4) is 6.07 Å². The molecule has 102 valence electrons. The number of nitrogens with one attached hydrogen (secondary N) is 1. The average Bonchev–Trinajstić information content (AvgIpc) is 2.87. The van der Waals surface area contributed by atoms with Gasteiger partial charge in [0.1, 0.15) is 11.6 Å². The molecule has 1 aromatic heterocycles. The number of anilines is 2. The molecule has 0 aliphatic heterocycles. The van der Waals surface area contributed by atoms with Crippen molar-refractivity contribution in [3.05, 3.63) is 46.3 Å². The van der Waals surface area contributed by atoms with Gasteiger partial charge in [-0.15, -0.1) is 0 Å². The van der Waals surface area contributed by atoms with Crippen molar-refractivity contribution in [1.82, 2.24) is 9.78 Å². The molecule has 0 aliphatic rings. The van der Waals surface area contributed by atoms with E-state index in [9.17, 15) is 10.1 Å². The lowest BCUT2D eigenvalue weighted by Gasteiger charge is -2.05. The highest BCUT2D eigenvalue weighted by Gasteiger charge is 2.14. The van der Waals surface area contributed by atoms with Gasteiger partial charge in [0.25, 0.3) is 5.69 Å². The molecule has 0 bridgehead atoms. The van der Waals surface area contributed by atoms with Crippen LogP contribution in [0.4, 0.5) is 17.1 Å². The third kappa shape index (κ3) is 2.75. The standard InChI is InChI=1S/C13H13N5O2/c1-9(2)17-8-12(7-15-17)16-11-4-3-10(6-14)13(5-11)18(19)20/h3-5,7-9,16H,1-2H3. The zero-order chi connectivity index (χ0) is 14.7. The Morgan fingerprint density at radius 3 is 2.75 bits per heavy atom. The van der Waals surface area contributed by atoms with Crippen LogP contribution in [-0.2, 0) is 0 Å². The Balaban J connectivity index is 2.27. The number of rotatable bonds is 4. The van der Waals surface area contributed by atoms with E-state index >= 15 is 0 Å². The lowest BCUT2D eigenvalue weighted by atomic mass is 10.2. The minimum Gasteiger partial charge on any atom is -0.353 e. The van der Waals surface area contributed by atoms with Crippen LogP contribution in [0.25, 0.3) is 0 Å². The van der Waals surface area contributed by atoms with Crippen molar-refractivity contribution >= 4 is 17.1 Å². The Hall–Kier alpha value is -2.88. The normalized spacial score (nSPS) is 10.3. The van der Waals surface area contributed by atoms with Crippen LogP contribution < -0.4 is 5.32 Å². The Morgan fingerprint density at radius 1 is 1.45 bits per heavy atom. The zero-order valence-corrected chi connectivity index (χ0v) is 11.1. The van der Waals surface area contributed by atoms with Gasteiger partial charge in [0.05, 0.1) is 16.8 Å². The van der Waals surface area contributed by atoms with Crippen LogP contribution >= 0.6 is 0 Å². The first kappa shape index (κ1) is 13.5. The smallest absolute Gasteiger partial charge is 0.289 e. The molecule has 0 atom stereocenters. The highest BCUT2D eigenvalue weighted by Crippen LogP contribution is 2.25. The lowest BCUT2D eigenvalue weighted by Crippen LogP contribution is -2.00. The van der Waals surface area contributed by atoms with Gasteiger partial charge in [-0.1, -0.05) is 0 Å². The topological polar surface area (TPSA) is 96.8 Å². The third-order valence-corrected chi connectivity index (χ3v) is 2.73. The zero-order valence-electron chi connectivity index (χ0n) is 11.1. The predicted molar refractivity (Wildman–Crippen MR) is 73.7 cm³/mol. The summed E-state index contributed by atoms with van der Waals surface area (Å²) in [7, 11) is 0. The maximum Gasteiger partial charge on any atom is 0.289 e. The lowest BCUT2D eigenvalue weighted by molar-refractivity contribution is -0.385. The number of nitriles is 1. The molecule has 0 radical (unpaired) electrons. The van der Waals surface area contributed by atoms with Gasteiger partial charge in [-0.05, 0) is 26.0 Å². The molecule has 0 aliphatic carbocycles. The molecule has 20 heavy (non-hydrogen) atoms. The number of aromatic nitrogens is 2. The number of benzene rings is 1. The first-order valence-electron chi connectivity index (χ1n) is 6.01. The highest BCUT2D eigenvalue weighted by molar-refractivity contribution is 5.64. The van der Waals surface area contributed by atoms with E-state index in [0.29, 0.717) is 5.69 Å². The van der Waals surface area contributed by atoms with Gasteiger partial charge in [-0.25, -0.2) is 0 Å². The summed E-state index contributed by atoms with van der Waals surface area (Å²) in [6.45, 7) is 4.01. The van der Waals surface area contributed by atoms with Crippen molar-refractivity contribution in [2.24, 2.45) is 0 Å². The minimum absolute atomic E-state index is 0.0402. The van der Waals surface area contributed by atoms with Crippen LogP contribution in [0.2, 0.25) is 0 Å². The number of nitro groups is 1. The molecule has 0 spiro atoms. The van der Waals surface area contributed by atoms with E-state index in [4.69, 9.17) is 5.26 Å². The SMILES string of the molecule is CC(C)n1cc(Nc2ccc(C#N)c([N+](=O)[O-])c2)cn1. The summed E-state index contributed by atoms with van der Waals surface area (Å²) < 4.78 is 1.78. The van der Waals surface area contributed by atoms with E-state index in [0.717, 1.165) is 5.69 Å². The number of nitro benzene ring substituents is 1. The molecule has 0 saturated heterocycles.